The first-order valence-corrected chi connectivity index (χ1v) is 3.47. The van der Waals surface area contributed by atoms with E-state index in [2.05, 4.69) is 20.8 Å². The largest absolute Gasteiger partial charge is 0.236 e. The first kappa shape index (κ1) is 7.03. The molecule has 0 aromatic heterocycles. The predicted molar refractivity (Wildman–Crippen MR) is 34.9 cm³/mol. The molecule has 54 valence electrons. The molecule has 0 aromatic carbocycles. The van der Waals surface area contributed by atoms with E-state index in [-0.39, 0.29) is 5.60 Å². The lowest BCUT2D eigenvalue weighted by atomic mass is 9.90. The smallest absolute Gasteiger partial charge is 0.103 e. The Morgan fingerprint density at radius 3 is 2.44 bits per heavy atom. The molecule has 1 aliphatic heterocycles. The molecule has 1 saturated heterocycles. The lowest BCUT2D eigenvalue weighted by Gasteiger charge is -2.20. The van der Waals surface area contributed by atoms with Crippen molar-refractivity contribution in [2.45, 2.75) is 32.8 Å². The minimum absolute atomic E-state index is 0.0608. The van der Waals surface area contributed by atoms with Gasteiger partial charge in [-0.1, -0.05) is 6.92 Å². The average Bonchev–Trinajstić information content (AvgIpc) is 2.08. The van der Waals surface area contributed by atoms with Crippen LogP contribution in [0.25, 0.3) is 0 Å². The van der Waals surface area contributed by atoms with Gasteiger partial charge in [0, 0.05) is 5.92 Å². The molecule has 0 aliphatic carbocycles. The van der Waals surface area contributed by atoms with Gasteiger partial charge in [0.1, 0.15) is 5.60 Å². The van der Waals surface area contributed by atoms with Crippen molar-refractivity contribution >= 4 is 0 Å². The van der Waals surface area contributed by atoms with Gasteiger partial charge in [-0.3, -0.25) is 0 Å². The molecule has 1 atom stereocenters. The van der Waals surface area contributed by atoms with Gasteiger partial charge in [-0.15, -0.1) is 0 Å². The van der Waals surface area contributed by atoms with Gasteiger partial charge in [-0.2, -0.15) is 0 Å². The Morgan fingerprint density at radius 2 is 2.22 bits per heavy atom. The van der Waals surface area contributed by atoms with Gasteiger partial charge in [0.2, 0.25) is 0 Å². The van der Waals surface area contributed by atoms with E-state index < -0.39 is 0 Å². The number of hydrogen-bond donors (Lipinski definition) is 0. The topological polar surface area (TPSA) is 18.5 Å². The Hall–Kier alpha value is -0.0800. The minimum Gasteiger partial charge on any atom is -0.236 e. The summed E-state index contributed by atoms with van der Waals surface area (Å²) in [5.41, 5.74) is -0.0608. The summed E-state index contributed by atoms with van der Waals surface area (Å²) in [5, 5.41) is 0. The second kappa shape index (κ2) is 2.27. The maximum absolute atomic E-state index is 5.04. The third kappa shape index (κ3) is 1.25. The van der Waals surface area contributed by atoms with Crippen LogP contribution < -0.4 is 0 Å². The Kier molecular flexibility index (Phi) is 1.78. The summed E-state index contributed by atoms with van der Waals surface area (Å²) in [6.07, 6.45) is 1.13. The van der Waals surface area contributed by atoms with Crippen LogP contribution in [-0.2, 0) is 9.78 Å². The van der Waals surface area contributed by atoms with Gasteiger partial charge in [-0.25, -0.2) is 9.78 Å². The summed E-state index contributed by atoms with van der Waals surface area (Å²) in [5.74, 6) is 0.567. The molecule has 0 bridgehead atoms. The molecular weight excluding hydrogens is 116 g/mol. The summed E-state index contributed by atoms with van der Waals surface area (Å²) in [7, 11) is 0. The van der Waals surface area contributed by atoms with Crippen molar-refractivity contribution in [1.29, 1.82) is 0 Å². The van der Waals surface area contributed by atoms with E-state index in [1.807, 2.05) is 0 Å². The van der Waals surface area contributed by atoms with Crippen LogP contribution in [0.2, 0.25) is 0 Å². The second-order valence-corrected chi connectivity index (χ2v) is 3.08. The molecule has 0 spiro atoms. The van der Waals surface area contributed by atoms with Crippen molar-refractivity contribution < 1.29 is 9.78 Å². The zero-order valence-corrected chi connectivity index (χ0v) is 6.31. The lowest BCUT2D eigenvalue weighted by molar-refractivity contribution is -0.300. The molecule has 1 fully saturated rings. The third-order valence-electron chi connectivity index (χ3n) is 2.02. The SMILES string of the molecule is CCC1COOC1(C)C. The predicted octanol–water partition coefficient (Wildman–Crippen LogP) is 1.75. The van der Waals surface area contributed by atoms with Crippen LogP contribution in [0.1, 0.15) is 27.2 Å². The van der Waals surface area contributed by atoms with E-state index in [0.717, 1.165) is 13.0 Å². The van der Waals surface area contributed by atoms with Crippen molar-refractivity contribution in [3.63, 3.8) is 0 Å². The van der Waals surface area contributed by atoms with Gasteiger partial charge in [0.25, 0.3) is 0 Å². The highest BCUT2D eigenvalue weighted by molar-refractivity contribution is 4.79. The lowest BCUT2D eigenvalue weighted by Crippen LogP contribution is -2.27. The Labute approximate surface area is 56.1 Å². The van der Waals surface area contributed by atoms with Crippen LogP contribution in [0.5, 0.6) is 0 Å². The molecule has 1 aliphatic rings. The Bertz CT molecular complexity index is 99.1. The average molecular weight is 130 g/mol. The Morgan fingerprint density at radius 1 is 1.56 bits per heavy atom. The molecule has 9 heavy (non-hydrogen) atoms. The highest BCUT2D eigenvalue weighted by atomic mass is 17.2. The van der Waals surface area contributed by atoms with Crippen LogP contribution in [-0.4, -0.2) is 12.2 Å². The number of hydrogen-bond acceptors (Lipinski definition) is 2. The van der Waals surface area contributed by atoms with Gasteiger partial charge < -0.3 is 0 Å². The van der Waals surface area contributed by atoms with E-state index >= 15 is 0 Å². The summed E-state index contributed by atoms with van der Waals surface area (Å²) in [6, 6.07) is 0. The van der Waals surface area contributed by atoms with E-state index in [4.69, 9.17) is 9.78 Å². The molecule has 1 unspecified atom stereocenters. The fourth-order valence-corrected chi connectivity index (χ4v) is 1.15. The summed E-state index contributed by atoms with van der Waals surface area (Å²) in [4.78, 5) is 9.91. The van der Waals surface area contributed by atoms with Gasteiger partial charge in [-0.05, 0) is 20.3 Å². The van der Waals surface area contributed by atoms with Crippen molar-refractivity contribution in [2.24, 2.45) is 5.92 Å². The van der Waals surface area contributed by atoms with Crippen molar-refractivity contribution in [3.8, 4) is 0 Å². The molecule has 0 amide bonds. The van der Waals surface area contributed by atoms with Crippen molar-refractivity contribution in [1.82, 2.24) is 0 Å². The second-order valence-electron chi connectivity index (χ2n) is 3.08. The first-order chi connectivity index (χ1) is 4.17. The molecule has 0 saturated carbocycles. The maximum atomic E-state index is 5.04. The highest BCUT2D eigenvalue weighted by Crippen LogP contribution is 2.30. The fraction of sp³-hybridized carbons (Fsp3) is 1.00. The van der Waals surface area contributed by atoms with Crippen molar-refractivity contribution in [2.75, 3.05) is 6.61 Å². The zero-order chi connectivity index (χ0) is 6.91. The highest BCUT2D eigenvalue weighted by Gasteiger charge is 2.36. The quantitative estimate of drug-likeness (QED) is 0.503. The van der Waals surface area contributed by atoms with E-state index in [1.54, 1.807) is 0 Å². The Balaban J connectivity index is 2.52. The van der Waals surface area contributed by atoms with E-state index in [9.17, 15) is 0 Å². The molecular formula is C7H14O2. The minimum atomic E-state index is -0.0608. The molecule has 0 aromatic rings. The number of rotatable bonds is 1. The van der Waals surface area contributed by atoms with Crippen LogP contribution in [0, 0.1) is 5.92 Å². The van der Waals surface area contributed by atoms with Crippen LogP contribution in [0.3, 0.4) is 0 Å². The molecule has 2 nitrogen and oxygen atoms in total. The van der Waals surface area contributed by atoms with E-state index in [0.29, 0.717) is 5.92 Å². The third-order valence-corrected chi connectivity index (χ3v) is 2.02. The normalized spacial score (nSPS) is 33.0. The molecule has 1 rings (SSSR count). The standard InChI is InChI=1S/C7H14O2/c1-4-6-5-8-9-7(6,2)3/h6H,4-5H2,1-3H3. The molecule has 0 N–H and O–H groups in total. The monoisotopic (exact) mass is 130 g/mol. The van der Waals surface area contributed by atoms with Gasteiger partial charge >= 0.3 is 0 Å². The van der Waals surface area contributed by atoms with Crippen LogP contribution in [0.15, 0.2) is 0 Å². The summed E-state index contributed by atoms with van der Waals surface area (Å²) < 4.78 is 0. The van der Waals surface area contributed by atoms with Crippen LogP contribution >= 0.6 is 0 Å². The summed E-state index contributed by atoms with van der Waals surface area (Å²) >= 11 is 0. The molecule has 2 heteroatoms. The first-order valence-electron chi connectivity index (χ1n) is 3.47. The van der Waals surface area contributed by atoms with Gasteiger partial charge in [0.15, 0.2) is 0 Å². The maximum Gasteiger partial charge on any atom is 0.103 e. The van der Waals surface area contributed by atoms with E-state index in [1.165, 1.54) is 0 Å². The molecule has 0 radical (unpaired) electrons. The van der Waals surface area contributed by atoms with Gasteiger partial charge in [0.05, 0.1) is 6.61 Å². The zero-order valence-electron chi connectivity index (χ0n) is 6.31. The fourth-order valence-electron chi connectivity index (χ4n) is 1.15. The van der Waals surface area contributed by atoms with Crippen molar-refractivity contribution in [3.05, 3.63) is 0 Å². The van der Waals surface area contributed by atoms with Crippen LogP contribution in [0.4, 0.5) is 0 Å². The summed E-state index contributed by atoms with van der Waals surface area (Å²) in [6.45, 7) is 7.04. The molecule has 1 heterocycles.